The largest absolute Gasteiger partial charge is 0.507 e. The number of phenols is 1. The van der Waals surface area contributed by atoms with Gasteiger partial charge in [0.1, 0.15) is 17.4 Å². The fourth-order valence-corrected chi connectivity index (χ4v) is 4.04. The van der Waals surface area contributed by atoms with Gasteiger partial charge < -0.3 is 15.3 Å². The summed E-state index contributed by atoms with van der Waals surface area (Å²) in [5.41, 5.74) is 1.73. The zero-order valence-corrected chi connectivity index (χ0v) is 16.7. The summed E-state index contributed by atoms with van der Waals surface area (Å²) >= 11 is 0. The van der Waals surface area contributed by atoms with E-state index in [4.69, 9.17) is 0 Å². The van der Waals surface area contributed by atoms with Crippen LogP contribution in [0.15, 0.2) is 36.4 Å². The van der Waals surface area contributed by atoms with E-state index in [2.05, 4.69) is 20.2 Å². The number of hydrogen-bond donors (Lipinski definition) is 2. The number of hydrogen-bond acceptors (Lipinski definition) is 5. The van der Waals surface area contributed by atoms with Crippen molar-refractivity contribution < 1.29 is 18.6 Å². The van der Waals surface area contributed by atoms with E-state index in [9.17, 15) is 14.3 Å². The molecule has 1 aliphatic carbocycles. The molecular formula is C23H29FN4O2. The molecule has 1 saturated carbocycles. The number of aromatic hydroxyl groups is 1. The van der Waals surface area contributed by atoms with Crippen molar-refractivity contribution in [1.29, 1.82) is 0 Å². The van der Waals surface area contributed by atoms with Gasteiger partial charge in [-0.2, -0.15) is 0 Å². The van der Waals surface area contributed by atoms with Gasteiger partial charge in [-0.3, -0.25) is 4.79 Å². The zero-order chi connectivity index (χ0) is 20.8. The van der Waals surface area contributed by atoms with E-state index in [1.54, 1.807) is 0 Å². The van der Waals surface area contributed by atoms with Crippen LogP contribution in [0.5, 0.6) is 5.75 Å². The maximum Gasteiger partial charge on any atom is 0.223 e. The van der Waals surface area contributed by atoms with Crippen molar-refractivity contribution in [3.8, 4) is 17.1 Å². The number of fused-ring (bicyclic) bond motifs is 1. The van der Waals surface area contributed by atoms with Crippen molar-refractivity contribution in [1.82, 2.24) is 15.3 Å². The molecule has 1 aliphatic heterocycles. The second-order valence-electron chi connectivity index (χ2n) is 8.24. The Morgan fingerprint density at radius 1 is 1.23 bits per heavy atom. The van der Waals surface area contributed by atoms with Crippen LogP contribution >= 0.6 is 0 Å². The number of carbonyl (C=O) groups excluding carboxylic acids is 1. The summed E-state index contributed by atoms with van der Waals surface area (Å²) in [4.78, 5) is 23.5. The standard InChI is InChI=1S/C23H23FN4O2.3H2/c1-13-5-8-16-18(11-13)26-21(20-17(24)3-2-4-19(20)29)27-22(16)28-10-9-15(12-28)25-23(30)14-6-7-14;;;/h2-5,8,11,14-15,29H,6-7,9-10,12H2,1H3,(H,25,30);3*1H/t15-;;;/m1.../s1. The first-order valence-electron chi connectivity index (χ1n) is 10.3. The Balaban J connectivity index is 0.00000128. The first-order chi connectivity index (χ1) is 14.5. The van der Waals surface area contributed by atoms with E-state index in [1.165, 1.54) is 18.2 Å². The third-order valence-corrected chi connectivity index (χ3v) is 5.83. The molecule has 6 nitrogen and oxygen atoms in total. The summed E-state index contributed by atoms with van der Waals surface area (Å²) in [6, 6.07) is 10.1. The molecule has 2 aromatic carbocycles. The van der Waals surface area contributed by atoms with Crippen molar-refractivity contribution in [2.75, 3.05) is 18.0 Å². The highest BCUT2D eigenvalue weighted by atomic mass is 19.1. The molecule has 160 valence electrons. The summed E-state index contributed by atoms with van der Waals surface area (Å²) < 4.78 is 14.5. The molecule has 0 unspecified atom stereocenters. The number of nitrogens with one attached hydrogen (secondary N) is 1. The fourth-order valence-electron chi connectivity index (χ4n) is 4.04. The average Bonchev–Trinajstić information content (AvgIpc) is 3.47. The lowest BCUT2D eigenvalue weighted by atomic mass is 10.1. The Morgan fingerprint density at radius 3 is 2.83 bits per heavy atom. The molecular weight excluding hydrogens is 383 g/mol. The van der Waals surface area contributed by atoms with Crippen LogP contribution in [0.4, 0.5) is 10.2 Å². The highest BCUT2D eigenvalue weighted by Gasteiger charge is 2.33. The van der Waals surface area contributed by atoms with Gasteiger partial charge in [0.2, 0.25) is 5.91 Å². The number of aryl methyl sites for hydroxylation is 1. The van der Waals surface area contributed by atoms with Gasteiger partial charge in [0.25, 0.3) is 0 Å². The van der Waals surface area contributed by atoms with E-state index in [0.717, 1.165) is 36.8 Å². The van der Waals surface area contributed by atoms with Crippen LogP contribution in [-0.4, -0.2) is 40.1 Å². The quantitative estimate of drug-likeness (QED) is 0.668. The van der Waals surface area contributed by atoms with Crippen molar-refractivity contribution >= 4 is 22.6 Å². The molecule has 2 aliphatic rings. The molecule has 1 aromatic heterocycles. The molecule has 5 rings (SSSR count). The molecule has 2 fully saturated rings. The number of amides is 1. The lowest BCUT2D eigenvalue weighted by Crippen LogP contribution is -2.38. The summed E-state index contributed by atoms with van der Waals surface area (Å²) in [6.07, 6.45) is 2.79. The summed E-state index contributed by atoms with van der Waals surface area (Å²) in [6.45, 7) is 3.35. The van der Waals surface area contributed by atoms with Gasteiger partial charge in [-0.05, 0) is 56.0 Å². The summed E-state index contributed by atoms with van der Waals surface area (Å²) in [7, 11) is 0. The van der Waals surface area contributed by atoms with E-state index in [1.807, 2.05) is 25.1 Å². The molecule has 1 atom stereocenters. The Bertz CT molecular complexity index is 1140. The molecule has 0 spiro atoms. The second kappa shape index (κ2) is 7.23. The number of halogens is 1. The maximum atomic E-state index is 14.5. The van der Waals surface area contributed by atoms with Gasteiger partial charge >= 0.3 is 0 Å². The average molecular weight is 413 g/mol. The van der Waals surface area contributed by atoms with Crippen molar-refractivity contribution in [3.05, 3.63) is 47.8 Å². The number of phenolic OH excluding ortho intramolecular Hbond substituents is 1. The van der Waals surface area contributed by atoms with Crippen LogP contribution in [0.25, 0.3) is 22.3 Å². The van der Waals surface area contributed by atoms with E-state index in [-0.39, 0.29) is 39.3 Å². The number of nitrogens with zero attached hydrogens (tertiary/aromatic N) is 3. The van der Waals surface area contributed by atoms with Crippen LogP contribution in [0.3, 0.4) is 0 Å². The molecule has 30 heavy (non-hydrogen) atoms. The molecule has 0 bridgehead atoms. The van der Waals surface area contributed by atoms with Gasteiger partial charge in [0, 0.05) is 34.7 Å². The Morgan fingerprint density at radius 2 is 2.07 bits per heavy atom. The predicted octanol–water partition coefficient (Wildman–Crippen LogP) is 4.29. The molecule has 2 N–H and O–H groups in total. The summed E-state index contributed by atoms with van der Waals surface area (Å²) in [5.74, 6) is 0.414. The minimum Gasteiger partial charge on any atom is -0.507 e. The highest BCUT2D eigenvalue weighted by molar-refractivity contribution is 5.92. The minimum absolute atomic E-state index is 0. The number of benzene rings is 2. The lowest BCUT2D eigenvalue weighted by molar-refractivity contribution is -0.122. The number of carbonyl (C=O) groups is 1. The molecule has 1 amide bonds. The minimum atomic E-state index is -0.566. The first kappa shape index (κ1) is 18.8. The smallest absolute Gasteiger partial charge is 0.223 e. The third-order valence-electron chi connectivity index (χ3n) is 5.83. The molecule has 7 heteroatoms. The highest BCUT2D eigenvalue weighted by Crippen LogP contribution is 2.35. The van der Waals surface area contributed by atoms with Crippen molar-refractivity contribution in [3.63, 3.8) is 0 Å². The van der Waals surface area contributed by atoms with Crippen molar-refractivity contribution in [2.24, 2.45) is 5.92 Å². The van der Waals surface area contributed by atoms with E-state index >= 15 is 0 Å². The normalized spacial score (nSPS) is 18.7. The van der Waals surface area contributed by atoms with Crippen LogP contribution in [0.2, 0.25) is 0 Å². The first-order valence-corrected chi connectivity index (χ1v) is 10.3. The SMILES string of the molecule is Cc1ccc2c(N3CC[C@@H](NC(=O)C4CC4)C3)nc(-c3c(O)cccc3F)nc2c1.[HH].[HH].[HH]. The Kier molecular flexibility index (Phi) is 4.53. The van der Waals surface area contributed by atoms with Gasteiger partial charge in [-0.1, -0.05) is 12.1 Å². The fraction of sp³-hybridized carbons (Fsp3) is 0.348. The Hall–Kier alpha value is -3.22. The van der Waals surface area contributed by atoms with Gasteiger partial charge in [-0.25, -0.2) is 14.4 Å². The summed E-state index contributed by atoms with van der Waals surface area (Å²) in [5, 5.41) is 14.3. The zero-order valence-electron chi connectivity index (χ0n) is 16.7. The number of aromatic nitrogens is 2. The lowest BCUT2D eigenvalue weighted by Gasteiger charge is -2.21. The monoisotopic (exact) mass is 412 g/mol. The maximum absolute atomic E-state index is 14.5. The second-order valence-corrected chi connectivity index (χ2v) is 8.24. The molecule has 1 saturated heterocycles. The van der Waals surface area contributed by atoms with Gasteiger partial charge in [0.15, 0.2) is 5.82 Å². The van der Waals surface area contributed by atoms with Gasteiger partial charge in [0.05, 0.1) is 11.1 Å². The van der Waals surface area contributed by atoms with Crippen LogP contribution < -0.4 is 10.2 Å². The molecule has 2 heterocycles. The van der Waals surface area contributed by atoms with Gasteiger partial charge in [-0.15, -0.1) is 0 Å². The molecule has 3 aromatic rings. The van der Waals surface area contributed by atoms with Crippen LogP contribution in [-0.2, 0) is 4.79 Å². The van der Waals surface area contributed by atoms with Crippen LogP contribution in [0, 0.1) is 18.7 Å². The topological polar surface area (TPSA) is 78.4 Å². The Labute approximate surface area is 178 Å². The van der Waals surface area contributed by atoms with E-state index < -0.39 is 5.82 Å². The van der Waals surface area contributed by atoms with Crippen molar-refractivity contribution in [2.45, 2.75) is 32.2 Å². The third kappa shape index (κ3) is 3.44. The number of anilines is 1. The molecule has 0 radical (unpaired) electrons. The van der Waals surface area contributed by atoms with E-state index in [0.29, 0.717) is 17.9 Å². The number of rotatable bonds is 4. The van der Waals surface area contributed by atoms with Crippen LogP contribution in [0.1, 0.15) is 29.1 Å². The predicted molar refractivity (Wildman–Crippen MR) is 119 cm³/mol.